The Bertz CT molecular complexity index is 396. The summed E-state index contributed by atoms with van der Waals surface area (Å²) in [4.78, 5) is 4.14. The van der Waals surface area contributed by atoms with Gasteiger partial charge in [0.05, 0.1) is 6.04 Å². The fourth-order valence-electron chi connectivity index (χ4n) is 1.98. The number of aryl methyl sites for hydroxylation is 2. The van der Waals surface area contributed by atoms with Gasteiger partial charge in [0.1, 0.15) is 0 Å². The molecule has 1 aliphatic heterocycles. The molecule has 3 nitrogen and oxygen atoms in total. The van der Waals surface area contributed by atoms with Gasteiger partial charge in [-0.3, -0.25) is 4.99 Å². The smallest absolute Gasteiger partial charge is 0.189 e. The quantitative estimate of drug-likeness (QED) is 0.729. The number of nitrogens with two attached hydrogens (primary N) is 1. The van der Waals surface area contributed by atoms with Gasteiger partial charge in [-0.25, -0.2) is 0 Å². The van der Waals surface area contributed by atoms with Crippen LogP contribution < -0.4 is 11.1 Å². The second kappa shape index (κ2) is 3.93. The highest BCUT2D eigenvalue weighted by atomic mass is 15.1. The Labute approximate surface area is 90.4 Å². The fourth-order valence-corrected chi connectivity index (χ4v) is 1.98. The Kier molecular flexibility index (Phi) is 2.62. The first-order valence-electron chi connectivity index (χ1n) is 5.30. The first kappa shape index (κ1) is 10.0. The van der Waals surface area contributed by atoms with Gasteiger partial charge < -0.3 is 11.1 Å². The van der Waals surface area contributed by atoms with Gasteiger partial charge >= 0.3 is 0 Å². The largest absolute Gasteiger partial charge is 0.370 e. The highest BCUT2D eigenvalue weighted by Gasteiger charge is 2.17. The minimum atomic E-state index is 0.322. The van der Waals surface area contributed by atoms with E-state index in [0.29, 0.717) is 12.0 Å². The maximum atomic E-state index is 5.69. The van der Waals surface area contributed by atoms with Crippen LogP contribution in [0.3, 0.4) is 0 Å². The molecule has 0 amide bonds. The van der Waals surface area contributed by atoms with Crippen molar-refractivity contribution in [1.29, 1.82) is 0 Å². The number of hydrogen-bond donors (Lipinski definition) is 2. The predicted molar refractivity (Wildman–Crippen MR) is 62.9 cm³/mol. The third-order valence-corrected chi connectivity index (χ3v) is 2.83. The van der Waals surface area contributed by atoms with Crippen molar-refractivity contribution in [3.8, 4) is 0 Å². The number of nitrogens with one attached hydrogen (secondary N) is 1. The molecule has 0 aromatic heterocycles. The van der Waals surface area contributed by atoms with E-state index in [1.54, 1.807) is 0 Å². The van der Waals surface area contributed by atoms with Crippen molar-refractivity contribution in [3.63, 3.8) is 0 Å². The Balaban J connectivity index is 2.29. The number of rotatable bonds is 1. The van der Waals surface area contributed by atoms with E-state index in [-0.39, 0.29) is 0 Å². The summed E-state index contributed by atoms with van der Waals surface area (Å²) >= 11 is 0. The van der Waals surface area contributed by atoms with Gasteiger partial charge in [-0.2, -0.15) is 0 Å². The Morgan fingerprint density at radius 3 is 2.93 bits per heavy atom. The summed E-state index contributed by atoms with van der Waals surface area (Å²) in [5.41, 5.74) is 9.63. The maximum absolute atomic E-state index is 5.69. The molecule has 1 aromatic rings. The van der Waals surface area contributed by atoms with Crippen molar-refractivity contribution < 1.29 is 0 Å². The molecule has 2 rings (SSSR count). The SMILES string of the molecule is Cc1ccc(C)c(C2CCN=C(N)N2)c1. The van der Waals surface area contributed by atoms with Crippen molar-refractivity contribution in [3.05, 3.63) is 34.9 Å². The molecule has 3 N–H and O–H groups in total. The number of nitrogens with zero attached hydrogens (tertiary/aromatic N) is 1. The Morgan fingerprint density at radius 1 is 1.40 bits per heavy atom. The van der Waals surface area contributed by atoms with Crippen LogP contribution in [0.4, 0.5) is 0 Å². The highest BCUT2D eigenvalue weighted by Crippen LogP contribution is 2.23. The van der Waals surface area contributed by atoms with Crippen LogP contribution >= 0.6 is 0 Å². The van der Waals surface area contributed by atoms with Crippen LogP contribution in [0.15, 0.2) is 23.2 Å². The summed E-state index contributed by atoms with van der Waals surface area (Å²) in [6, 6.07) is 6.85. The van der Waals surface area contributed by atoms with Gasteiger partial charge in [0.2, 0.25) is 0 Å². The Hall–Kier alpha value is -1.51. The molecule has 0 spiro atoms. The first-order valence-corrected chi connectivity index (χ1v) is 5.30. The molecular weight excluding hydrogens is 186 g/mol. The van der Waals surface area contributed by atoms with Gasteiger partial charge in [-0.05, 0) is 31.4 Å². The van der Waals surface area contributed by atoms with Crippen molar-refractivity contribution in [2.45, 2.75) is 26.3 Å². The van der Waals surface area contributed by atoms with E-state index in [1.807, 2.05) is 0 Å². The minimum absolute atomic E-state index is 0.322. The van der Waals surface area contributed by atoms with Crippen LogP contribution in [0.1, 0.15) is 29.2 Å². The molecular formula is C12H17N3. The van der Waals surface area contributed by atoms with Crippen LogP contribution in [0.2, 0.25) is 0 Å². The summed E-state index contributed by atoms with van der Waals surface area (Å²) < 4.78 is 0. The average molecular weight is 203 g/mol. The zero-order chi connectivity index (χ0) is 10.8. The lowest BCUT2D eigenvalue weighted by atomic mass is 9.96. The summed E-state index contributed by atoms with van der Waals surface area (Å²) in [6.07, 6.45) is 1.02. The molecule has 0 saturated heterocycles. The van der Waals surface area contributed by atoms with Crippen LogP contribution in [-0.2, 0) is 0 Å². The second-order valence-corrected chi connectivity index (χ2v) is 4.11. The van der Waals surface area contributed by atoms with Crippen molar-refractivity contribution >= 4 is 5.96 Å². The van der Waals surface area contributed by atoms with Gasteiger partial charge in [-0.15, -0.1) is 0 Å². The summed E-state index contributed by atoms with van der Waals surface area (Å²) in [7, 11) is 0. The van der Waals surface area contributed by atoms with Crippen molar-refractivity contribution in [1.82, 2.24) is 5.32 Å². The summed E-state index contributed by atoms with van der Waals surface area (Å²) in [5, 5.41) is 3.23. The number of benzene rings is 1. The molecule has 15 heavy (non-hydrogen) atoms. The molecule has 0 saturated carbocycles. The average Bonchev–Trinajstić information content (AvgIpc) is 2.22. The summed E-state index contributed by atoms with van der Waals surface area (Å²) in [6.45, 7) is 5.07. The van der Waals surface area contributed by atoms with Crippen molar-refractivity contribution in [2.75, 3.05) is 6.54 Å². The first-order chi connectivity index (χ1) is 7.16. The molecule has 1 aromatic carbocycles. The molecule has 0 radical (unpaired) electrons. The molecule has 0 fully saturated rings. The van der Waals surface area contributed by atoms with E-state index >= 15 is 0 Å². The topological polar surface area (TPSA) is 50.4 Å². The standard InChI is InChI=1S/C12H17N3/c1-8-3-4-9(2)10(7-8)11-5-6-14-12(13)15-11/h3-4,7,11H,5-6H2,1-2H3,(H3,13,14,15). The second-order valence-electron chi connectivity index (χ2n) is 4.11. The normalized spacial score (nSPS) is 20.7. The van der Waals surface area contributed by atoms with E-state index in [9.17, 15) is 0 Å². The van der Waals surface area contributed by atoms with E-state index in [4.69, 9.17) is 5.73 Å². The number of hydrogen-bond acceptors (Lipinski definition) is 3. The third-order valence-electron chi connectivity index (χ3n) is 2.83. The van der Waals surface area contributed by atoms with Gasteiger partial charge in [0.15, 0.2) is 5.96 Å². The number of aliphatic imine (C=N–C) groups is 1. The molecule has 3 heteroatoms. The molecule has 1 unspecified atom stereocenters. The van der Waals surface area contributed by atoms with E-state index in [2.05, 4.69) is 42.4 Å². The van der Waals surface area contributed by atoms with Gasteiger partial charge in [-0.1, -0.05) is 23.8 Å². The monoisotopic (exact) mass is 203 g/mol. The van der Waals surface area contributed by atoms with Gasteiger partial charge in [0, 0.05) is 6.54 Å². The molecule has 0 aliphatic carbocycles. The van der Waals surface area contributed by atoms with E-state index in [1.165, 1.54) is 16.7 Å². The lowest BCUT2D eigenvalue weighted by Gasteiger charge is -2.24. The summed E-state index contributed by atoms with van der Waals surface area (Å²) in [5.74, 6) is 0.562. The molecule has 1 heterocycles. The minimum Gasteiger partial charge on any atom is -0.370 e. The predicted octanol–water partition coefficient (Wildman–Crippen LogP) is 1.65. The third kappa shape index (κ3) is 2.12. The molecule has 1 aliphatic rings. The van der Waals surface area contributed by atoms with Gasteiger partial charge in [0.25, 0.3) is 0 Å². The highest BCUT2D eigenvalue weighted by molar-refractivity contribution is 5.79. The fraction of sp³-hybridized carbons (Fsp3) is 0.417. The van der Waals surface area contributed by atoms with Crippen LogP contribution in [0.25, 0.3) is 0 Å². The molecule has 0 bridgehead atoms. The number of guanidine groups is 1. The van der Waals surface area contributed by atoms with Crippen LogP contribution in [-0.4, -0.2) is 12.5 Å². The lowest BCUT2D eigenvalue weighted by Crippen LogP contribution is -2.38. The zero-order valence-electron chi connectivity index (χ0n) is 9.25. The van der Waals surface area contributed by atoms with E-state index in [0.717, 1.165) is 13.0 Å². The zero-order valence-corrected chi connectivity index (χ0v) is 9.25. The lowest BCUT2D eigenvalue weighted by molar-refractivity contribution is 0.566. The Morgan fingerprint density at radius 2 is 2.20 bits per heavy atom. The van der Waals surface area contributed by atoms with E-state index < -0.39 is 0 Å². The molecule has 1 atom stereocenters. The molecule has 80 valence electrons. The van der Waals surface area contributed by atoms with Crippen molar-refractivity contribution in [2.24, 2.45) is 10.7 Å². The van der Waals surface area contributed by atoms with Crippen LogP contribution in [0.5, 0.6) is 0 Å². The van der Waals surface area contributed by atoms with Crippen LogP contribution in [0, 0.1) is 13.8 Å². The maximum Gasteiger partial charge on any atom is 0.189 e.